The minimum absolute atomic E-state index is 0.0248. The molecule has 0 aliphatic rings. The van der Waals surface area contributed by atoms with E-state index in [0.717, 1.165) is 4.90 Å². The van der Waals surface area contributed by atoms with E-state index in [1.165, 1.54) is 17.8 Å². The van der Waals surface area contributed by atoms with Gasteiger partial charge in [-0.1, -0.05) is 71.2 Å². The van der Waals surface area contributed by atoms with Crippen LogP contribution in [0.5, 0.6) is 0 Å². The van der Waals surface area contributed by atoms with Crippen LogP contribution in [0, 0.1) is 0 Å². The Morgan fingerprint density at radius 2 is 1.39 bits per heavy atom. The number of nitrogens with one attached hydrogen (secondary N) is 3. The zero-order valence-electron chi connectivity index (χ0n) is 21.7. The van der Waals surface area contributed by atoms with Crippen LogP contribution < -0.4 is 16.0 Å². The van der Waals surface area contributed by atoms with Crippen LogP contribution >= 0.6 is 46.6 Å². The Morgan fingerprint density at radius 3 is 2.05 bits per heavy atom. The number of hydrogen-bond donors (Lipinski definition) is 3. The molecule has 0 fully saturated rings. The standard InChI is InChI=1S/C31H24Cl3N3O3S/c1-19(29(38)36-25-17-22(32)16-23(33)18-25)41-26-13-11-24(12-14-26)35-31(40)28(15-21-9-5-6-10-27(21)34)37-30(39)20-7-3-2-4-8-20/h2-19H,1H3,(H,35,40)(H,36,38)(H,37,39)/b28-15-. The van der Waals surface area contributed by atoms with E-state index in [9.17, 15) is 14.4 Å². The molecule has 0 heterocycles. The van der Waals surface area contributed by atoms with Crippen LogP contribution in [0.2, 0.25) is 15.1 Å². The smallest absolute Gasteiger partial charge is 0.272 e. The summed E-state index contributed by atoms with van der Waals surface area (Å²) in [6.45, 7) is 1.78. The Morgan fingerprint density at radius 1 is 0.756 bits per heavy atom. The third-order valence-electron chi connectivity index (χ3n) is 5.66. The van der Waals surface area contributed by atoms with Gasteiger partial charge in [-0.3, -0.25) is 14.4 Å². The number of carbonyl (C=O) groups is 3. The van der Waals surface area contributed by atoms with Gasteiger partial charge in [0.1, 0.15) is 5.70 Å². The van der Waals surface area contributed by atoms with E-state index >= 15 is 0 Å². The van der Waals surface area contributed by atoms with Crippen molar-refractivity contribution >= 4 is 81.7 Å². The number of rotatable bonds is 9. The first-order chi connectivity index (χ1) is 19.7. The van der Waals surface area contributed by atoms with Crippen molar-refractivity contribution in [2.45, 2.75) is 17.1 Å². The maximum Gasteiger partial charge on any atom is 0.272 e. The van der Waals surface area contributed by atoms with Crippen molar-refractivity contribution in [3.63, 3.8) is 0 Å². The average Bonchev–Trinajstić information content (AvgIpc) is 2.94. The second-order valence-electron chi connectivity index (χ2n) is 8.79. The van der Waals surface area contributed by atoms with Gasteiger partial charge in [-0.05, 0) is 79.2 Å². The Labute approximate surface area is 257 Å². The van der Waals surface area contributed by atoms with Crippen LogP contribution in [-0.4, -0.2) is 23.0 Å². The summed E-state index contributed by atoms with van der Waals surface area (Å²) in [6, 6.07) is 27.4. The largest absolute Gasteiger partial charge is 0.325 e. The highest BCUT2D eigenvalue weighted by molar-refractivity contribution is 8.00. The summed E-state index contributed by atoms with van der Waals surface area (Å²) in [4.78, 5) is 39.6. The maximum absolute atomic E-state index is 13.3. The highest BCUT2D eigenvalue weighted by Gasteiger charge is 2.17. The fourth-order valence-corrected chi connectivity index (χ4v) is 5.22. The van der Waals surface area contributed by atoms with Gasteiger partial charge in [0.15, 0.2) is 0 Å². The zero-order valence-corrected chi connectivity index (χ0v) is 24.7. The van der Waals surface area contributed by atoms with E-state index in [0.29, 0.717) is 37.6 Å². The molecule has 41 heavy (non-hydrogen) atoms. The molecule has 0 bridgehead atoms. The zero-order chi connectivity index (χ0) is 29.4. The van der Waals surface area contributed by atoms with Crippen molar-refractivity contribution in [1.29, 1.82) is 0 Å². The van der Waals surface area contributed by atoms with Gasteiger partial charge in [0.05, 0.1) is 5.25 Å². The highest BCUT2D eigenvalue weighted by atomic mass is 35.5. The molecule has 1 unspecified atom stereocenters. The van der Waals surface area contributed by atoms with E-state index < -0.39 is 17.1 Å². The van der Waals surface area contributed by atoms with Crippen molar-refractivity contribution < 1.29 is 14.4 Å². The van der Waals surface area contributed by atoms with Gasteiger partial charge >= 0.3 is 0 Å². The Kier molecular flexibility index (Phi) is 10.5. The van der Waals surface area contributed by atoms with Gasteiger partial charge in [-0.2, -0.15) is 0 Å². The van der Waals surface area contributed by atoms with Gasteiger partial charge in [0.2, 0.25) is 5.91 Å². The molecule has 6 nitrogen and oxygen atoms in total. The second kappa shape index (κ2) is 14.2. The molecule has 0 radical (unpaired) electrons. The molecule has 4 rings (SSSR count). The van der Waals surface area contributed by atoms with E-state index in [-0.39, 0.29) is 11.6 Å². The molecule has 208 valence electrons. The highest BCUT2D eigenvalue weighted by Crippen LogP contribution is 2.27. The summed E-state index contributed by atoms with van der Waals surface area (Å²) in [6.07, 6.45) is 1.52. The van der Waals surface area contributed by atoms with Crippen molar-refractivity contribution in [3.05, 3.63) is 129 Å². The molecule has 0 aliphatic carbocycles. The molecule has 10 heteroatoms. The first kappa shape index (κ1) is 30.2. The lowest BCUT2D eigenvalue weighted by atomic mass is 10.1. The number of hydrogen-bond acceptors (Lipinski definition) is 4. The summed E-state index contributed by atoms with van der Waals surface area (Å²) < 4.78 is 0. The SMILES string of the molecule is CC(Sc1ccc(NC(=O)/C(=C/c2ccccc2Cl)NC(=O)c2ccccc2)cc1)C(=O)Nc1cc(Cl)cc(Cl)c1. The number of thioether (sulfide) groups is 1. The topological polar surface area (TPSA) is 87.3 Å². The number of carbonyl (C=O) groups excluding carboxylic acids is 3. The van der Waals surface area contributed by atoms with Gasteiger partial charge in [0.25, 0.3) is 11.8 Å². The molecule has 4 aromatic rings. The van der Waals surface area contributed by atoms with Gasteiger partial charge in [-0.25, -0.2) is 0 Å². The fraction of sp³-hybridized carbons (Fsp3) is 0.0645. The van der Waals surface area contributed by atoms with E-state index in [1.54, 1.807) is 104 Å². The summed E-state index contributed by atoms with van der Waals surface area (Å²) in [5, 5.41) is 9.17. The lowest BCUT2D eigenvalue weighted by Crippen LogP contribution is -2.30. The Bertz CT molecular complexity index is 1580. The van der Waals surface area contributed by atoms with Crippen molar-refractivity contribution in [1.82, 2.24) is 5.32 Å². The molecule has 0 saturated heterocycles. The Hall–Kier alpha value is -3.75. The quantitative estimate of drug-likeness (QED) is 0.129. The molecule has 3 amide bonds. The van der Waals surface area contributed by atoms with Crippen LogP contribution in [-0.2, 0) is 9.59 Å². The van der Waals surface area contributed by atoms with E-state index in [1.807, 2.05) is 0 Å². The first-order valence-corrected chi connectivity index (χ1v) is 14.4. The van der Waals surface area contributed by atoms with Crippen LogP contribution in [0.1, 0.15) is 22.8 Å². The van der Waals surface area contributed by atoms with Gasteiger partial charge in [0, 0.05) is 36.9 Å². The van der Waals surface area contributed by atoms with Crippen LogP contribution in [0.4, 0.5) is 11.4 Å². The molecule has 3 N–H and O–H groups in total. The van der Waals surface area contributed by atoms with Crippen molar-refractivity contribution in [2.24, 2.45) is 0 Å². The number of anilines is 2. The minimum Gasteiger partial charge on any atom is -0.325 e. The van der Waals surface area contributed by atoms with Crippen molar-refractivity contribution in [2.75, 3.05) is 10.6 Å². The first-order valence-electron chi connectivity index (χ1n) is 12.4. The molecular formula is C31H24Cl3N3O3S. The van der Waals surface area contributed by atoms with E-state index in [4.69, 9.17) is 34.8 Å². The monoisotopic (exact) mass is 623 g/mol. The summed E-state index contributed by atoms with van der Waals surface area (Å²) in [5.41, 5.74) is 2.02. The lowest BCUT2D eigenvalue weighted by molar-refractivity contribution is -0.115. The van der Waals surface area contributed by atoms with Crippen molar-refractivity contribution in [3.8, 4) is 0 Å². The molecule has 0 spiro atoms. The number of amides is 3. The predicted octanol–water partition coefficient (Wildman–Crippen LogP) is 8.18. The van der Waals surface area contributed by atoms with Crippen LogP contribution in [0.3, 0.4) is 0 Å². The summed E-state index contributed by atoms with van der Waals surface area (Å²) >= 11 is 19.7. The van der Waals surface area contributed by atoms with Crippen LogP contribution in [0.15, 0.2) is 108 Å². The molecule has 0 aromatic heterocycles. The summed E-state index contributed by atoms with van der Waals surface area (Å²) in [7, 11) is 0. The molecular weight excluding hydrogens is 601 g/mol. The Balaban J connectivity index is 1.43. The third kappa shape index (κ3) is 8.87. The fourth-order valence-electron chi connectivity index (χ4n) is 3.63. The molecule has 0 aliphatic heterocycles. The molecule has 1 atom stereocenters. The van der Waals surface area contributed by atoms with E-state index in [2.05, 4.69) is 16.0 Å². The predicted molar refractivity (Wildman–Crippen MR) is 169 cm³/mol. The second-order valence-corrected chi connectivity index (χ2v) is 11.5. The maximum atomic E-state index is 13.3. The normalized spacial score (nSPS) is 11.9. The lowest BCUT2D eigenvalue weighted by Gasteiger charge is -2.14. The average molecular weight is 625 g/mol. The minimum atomic E-state index is -0.525. The molecule has 0 saturated carbocycles. The third-order valence-corrected chi connectivity index (χ3v) is 7.55. The summed E-state index contributed by atoms with van der Waals surface area (Å²) in [5.74, 6) is -1.17. The van der Waals surface area contributed by atoms with Gasteiger partial charge < -0.3 is 16.0 Å². The van der Waals surface area contributed by atoms with Gasteiger partial charge in [-0.15, -0.1) is 11.8 Å². The molecule has 4 aromatic carbocycles. The van der Waals surface area contributed by atoms with Crippen LogP contribution in [0.25, 0.3) is 6.08 Å². The number of halogens is 3. The number of benzene rings is 4.